The molecule has 0 bridgehead atoms. The third-order valence-electron chi connectivity index (χ3n) is 2.19. The van der Waals surface area contributed by atoms with E-state index >= 15 is 0 Å². The Kier molecular flexibility index (Phi) is 2.83. The smallest absolute Gasteiger partial charge is 0.382 e. The molecule has 4 atom stereocenters. The minimum absolute atomic E-state index is 0.276. The first-order chi connectivity index (χ1) is 6.53. The lowest BCUT2D eigenvalue weighted by Crippen LogP contribution is -2.31. The molecule has 2 aliphatic heterocycles. The van der Waals surface area contributed by atoms with Gasteiger partial charge in [-0.2, -0.15) is 9.79 Å². The van der Waals surface area contributed by atoms with Gasteiger partial charge in [0.15, 0.2) is 12.2 Å². The molecule has 6 nitrogen and oxygen atoms in total. The molecule has 2 unspecified atom stereocenters. The summed E-state index contributed by atoms with van der Waals surface area (Å²) in [6.07, 6.45) is -1.60. The summed E-state index contributed by atoms with van der Waals surface area (Å²) in [6, 6.07) is -0.707. The van der Waals surface area contributed by atoms with E-state index in [9.17, 15) is 9.79 Å². The van der Waals surface area contributed by atoms with Gasteiger partial charge in [-0.25, -0.2) is 0 Å². The van der Waals surface area contributed by atoms with Gasteiger partial charge in [0.2, 0.25) is 0 Å². The van der Waals surface area contributed by atoms with Crippen molar-refractivity contribution in [3.05, 3.63) is 0 Å². The van der Waals surface area contributed by atoms with Crippen molar-refractivity contribution in [3.8, 4) is 0 Å². The van der Waals surface area contributed by atoms with Crippen LogP contribution >= 0.6 is 8.17 Å². The maximum atomic E-state index is 9.17. The van der Waals surface area contributed by atoms with Gasteiger partial charge in [0.1, 0.15) is 14.0 Å². The largest absolute Gasteiger partial charge is 0.570 e. The molecular formula is C6H11BO6P+. The van der Waals surface area contributed by atoms with Crippen molar-refractivity contribution in [2.75, 3.05) is 13.7 Å². The van der Waals surface area contributed by atoms with Crippen molar-refractivity contribution in [3.63, 3.8) is 0 Å². The standard InChI is InChI=1S/C6H11BO6P/c1-10-2-3-4-5(6(7)11-3)13-14(8,9)12-4/h3-6,8-9H,2H2,1H3/q+1/t3-,4?,5?,6-/m1/s1. The lowest BCUT2D eigenvalue weighted by Gasteiger charge is -2.13. The summed E-state index contributed by atoms with van der Waals surface area (Å²) in [5.74, 6) is 0. The molecule has 0 saturated carbocycles. The number of rotatable bonds is 2. The molecule has 2 N–H and O–H groups in total. The minimum atomic E-state index is -3.68. The molecule has 2 saturated heterocycles. The summed E-state index contributed by atoms with van der Waals surface area (Å²) in [6.45, 7) is 0.276. The second kappa shape index (κ2) is 3.68. The molecule has 0 aromatic rings. The monoisotopic (exact) mass is 221 g/mol. The van der Waals surface area contributed by atoms with Gasteiger partial charge in [-0.3, -0.25) is 0 Å². The Morgan fingerprint density at radius 2 is 2.00 bits per heavy atom. The number of methoxy groups -OCH3 is 1. The molecule has 0 aromatic carbocycles. The van der Waals surface area contributed by atoms with E-state index in [2.05, 4.69) is 0 Å². The number of hydrogen-bond donors (Lipinski definition) is 2. The molecular weight excluding hydrogens is 210 g/mol. The predicted octanol–water partition coefficient (Wildman–Crippen LogP) is -1.03. The van der Waals surface area contributed by atoms with E-state index in [1.54, 1.807) is 0 Å². The summed E-state index contributed by atoms with van der Waals surface area (Å²) < 4.78 is 19.9. The van der Waals surface area contributed by atoms with Crippen LogP contribution in [0.15, 0.2) is 0 Å². The molecule has 14 heavy (non-hydrogen) atoms. The van der Waals surface area contributed by atoms with Crippen LogP contribution in [-0.2, 0) is 18.5 Å². The van der Waals surface area contributed by atoms with Gasteiger partial charge >= 0.3 is 8.17 Å². The van der Waals surface area contributed by atoms with E-state index in [1.807, 2.05) is 0 Å². The van der Waals surface area contributed by atoms with Gasteiger partial charge in [-0.1, -0.05) is 0 Å². The zero-order valence-electron chi connectivity index (χ0n) is 7.57. The third kappa shape index (κ3) is 1.81. The molecule has 2 fully saturated rings. The second-order valence-corrected chi connectivity index (χ2v) is 4.63. The predicted molar refractivity (Wildman–Crippen MR) is 47.4 cm³/mol. The first kappa shape index (κ1) is 10.8. The van der Waals surface area contributed by atoms with E-state index in [0.29, 0.717) is 0 Å². The molecule has 0 aliphatic carbocycles. The lowest BCUT2D eigenvalue weighted by atomic mass is 9.93. The molecule has 2 radical (unpaired) electrons. The SMILES string of the molecule is [B][C@@H]1O[C@H](COC)C2O[P+](O)(O)OC21. The Balaban J connectivity index is 2.07. The number of ether oxygens (including phenoxy) is 2. The highest BCUT2D eigenvalue weighted by Crippen LogP contribution is 2.62. The Morgan fingerprint density at radius 3 is 2.64 bits per heavy atom. The van der Waals surface area contributed by atoms with Gasteiger partial charge in [0.05, 0.1) is 12.6 Å². The van der Waals surface area contributed by atoms with Gasteiger partial charge in [-0.15, -0.1) is 9.05 Å². The Bertz CT molecular complexity index is 226. The van der Waals surface area contributed by atoms with Crippen molar-refractivity contribution >= 4 is 16.0 Å². The van der Waals surface area contributed by atoms with Gasteiger partial charge in [0, 0.05) is 7.11 Å². The third-order valence-corrected chi connectivity index (χ3v) is 3.23. The number of fused-ring (bicyclic) bond motifs is 1. The van der Waals surface area contributed by atoms with E-state index in [1.165, 1.54) is 7.11 Å². The van der Waals surface area contributed by atoms with Crippen molar-refractivity contribution in [2.45, 2.75) is 24.3 Å². The molecule has 0 amide bonds. The molecule has 8 heteroatoms. The van der Waals surface area contributed by atoms with E-state index in [4.69, 9.17) is 26.4 Å². The van der Waals surface area contributed by atoms with Crippen LogP contribution in [0.3, 0.4) is 0 Å². The Labute approximate surface area is 83.2 Å². The lowest BCUT2D eigenvalue weighted by molar-refractivity contribution is -0.0192. The fourth-order valence-corrected chi connectivity index (χ4v) is 2.82. The fraction of sp³-hybridized carbons (Fsp3) is 1.00. The average Bonchev–Trinajstić information content (AvgIpc) is 2.51. The zero-order chi connectivity index (χ0) is 10.3. The molecule has 78 valence electrons. The summed E-state index contributed by atoms with van der Waals surface area (Å²) in [7, 11) is 3.40. The molecule has 2 aliphatic rings. The average molecular weight is 221 g/mol. The zero-order valence-corrected chi connectivity index (χ0v) is 8.46. The van der Waals surface area contributed by atoms with Crippen LogP contribution in [-0.4, -0.2) is 55.7 Å². The van der Waals surface area contributed by atoms with Crippen LogP contribution in [0.4, 0.5) is 0 Å². The summed E-state index contributed by atoms with van der Waals surface area (Å²) >= 11 is 0. The molecule has 2 rings (SSSR count). The van der Waals surface area contributed by atoms with Crippen LogP contribution in [0.1, 0.15) is 0 Å². The van der Waals surface area contributed by atoms with E-state index in [0.717, 1.165) is 0 Å². The fourth-order valence-electron chi connectivity index (χ4n) is 1.64. The van der Waals surface area contributed by atoms with Crippen LogP contribution < -0.4 is 0 Å². The van der Waals surface area contributed by atoms with Gasteiger partial charge in [0.25, 0.3) is 0 Å². The van der Waals surface area contributed by atoms with Crippen molar-refractivity contribution in [2.24, 2.45) is 0 Å². The van der Waals surface area contributed by atoms with E-state index < -0.39 is 32.5 Å². The van der Waals surface area contributed by atoms with Crippen LogP contribution in [0.5, 0.6) is 0 Å². The van der Waals surface area contributed by atoms with Crippen LogP contribution in [0.25, 0.3) is 0 Å². The van der Waals surface area contributed by atoms with Crippen molar-refractivity contribution < 1.29 is 28.3 Å². The first-order valence-corrected chi connectivity index (χ1v) is 5.68. The van der Waals surface area contributed by atoms with Crippen molar-refractivity contribution in [1.29, 1.82) is 0 Å². The quantitative estimate of drug-likeness (QED) is 0.458. The summed E-state index contributed by atoms with van der Waals surface area (Å²) in [4.78, 5) is 18.3. The topological polar surface area (TPSA) is 77.4 Å². The first-order valence-electron chi connectivity index (χ1n) is 4.15. The maximum absolute atomic E-state index is 9.17. The molecule has 0 aromatic heterocycles. The minimum Gasteiger partial charge on any atom is -0.382 e. The van der Waals surface area contributed by atoms with Crippen molar-refractivity contribution in [1.82, 2.24) is 0 Å². The highest BCUT2D eigenvalue weighted by molar-refractivity contribution is 7.54. The highest BCUT2D eigenvalue weighted by atomic mass is 31.2. The number of hydrogen-bond acceptors (Lipinski definition) is 6. The van der Waals surface area contributed by atoms with Crippen LogP contribution in [0, 0.1) is 0 Å². The summed E-state index contributed by atoms with van der Waals surface area (Å²) in [5, 5.41) is 0. The highest BCUT2D eigenvalue weighted by Gasteiger charge is 2.64. The maximum Gasteiger partial charge on any atom is 0.570 e. The summed E-state index contributed by atoms with van der Waals surface area (Å²) in [5.41, 5.74) is 0. The Morgan fingerprint density at radius 1 is 1.36 bits per heavy atom. The van der Waals surface area contributed by atoms with Gasteiger partial charge in [-0.05, 0) is 0 Å². The molecule has 0 spiro atoms. The van der Waals surface area contributed by atoms with Crippen LogP contribution in [0.2, 0.25) is 0 Å². The second-order valence-electron chi connectivity index (χ2n) is 3.23. The van der Waals surface area contributed by atoms with Gasteiger partial charge < -0.3 is 9.47 Å². The Hall–Kier alpha value is 0.255. The molecule has 2 heterocycles. The normalized spacial score (nSPS) is 45.4. The van der Waals surface area contributed by atoms with E-state index in [-0.39, 0.29) is 6.61 Å².